The van der Waals surface area contributed by atoms with Crippen molar-refractivity contribution in [1.29, 1.82) is 0 Å². The molecule has 1 aromatic carbocycles. The van der Waals surface area contributed by atoms with Gasteiger partial charge in [-0.05, 0) is 63.6 Å². The van der Waals surface area contributed by atoms with Crippen molar-refractivity contribution in [3.05, 3.63) is 29.5 Å². The summed E-state index contributed by atoms with van der Waals surface area (Å²) >= 11 is 0. The van der Waals surface area contributed by atoms with Gasteiger partial charge in [0, 0.05) is 18.5 Å². The molecule has 27 heavy (non-hydrogen) atoms. The van der Waals surface area contributed by atoms with Crippen molar-refractivity contribution in [3.8, 4) is 0 Å². The van der Waals surface area contributed by atoms with Gasteiger partial charge < -0.3 is 10.6 Å². The zero-order chi connectivity index (χ0) is 19.2. The second-order valence-electron chi connectivity index (χ2n) is 8.20. The van der Waals surface area contributed by atoms with Crippen LogP contribution in [0.1, 0.15) is 56.7 Å². The van der Waals surface area contributed by atoms with Crippen LogP contribution in [0.15, 0.2) is 18.3 Å². The van der Waals surface area contributed by atoms with Crippen LogP contribution in [0.4, 0.5) is 0 Å². The van der Waals surface area contributed by atoms with Crippen LogP contribution in [0.3, 0.4) is 0 Å². The Balaban J connectivity index is 1.59. The highest BCUT2D eigenvalue weighted by Gasteiger charge is 2.48. The largest absolute Gasteiger partial charge is 0.356 e. The molecule has 144 valence electrons. The summed E-state index contributed by atoms with van der Waals surface area (Å²) in [7, 11) is 0. The summed E-state index contributed by atoms with van der Waals surface area (Å²) in [5, 5.41) is 11.8. The van der Waals surface area contributed by atoms with Gasteiger partial charge in [0.1, 0.15) is 0 Å². The minimum atomic E-state index is -0.589. The first-order chi connectivity index (χ1) is 12.9. The maximum Gasteiger partial charge on any atom is 0.226 e. The van der Waals surface area contributed by atoms with Crippen LogP contribution >= 0.6 is 0 Å². The van der Waals surface area contributed by atoms with Crippen LogP contribution in [0.5, 0.6) is 0 Å². The van der Waals surface area contributed by atoms with Crippen LogP contribution in [-0.4, -0.2) is 28.1 Å². The zero-order valence-electron chi connectivity index (χ0n) is 16.3. The van der Waals surface area contributed by atoms with Crippen LogP contribution in [0.25, 0.3) is 10.9 Å². The molecule has 0 spiro atoms. The highest BCUT2D eigenvalue weighted by molar-refractivity contribution is 5.91. The van der Waals surface area contributed by atoms with Crippen LogP contribution in [0.2, 0.25) is 0 Å². The fourth-order valence-corrected chi connectivity index (χ4v) is 4.80. The van der Waals surface area contributed by atoms with E-state index in [0.717, 1.165) is 55.2 Å². The fourth-order valence-electron chi connectivity index (χ4n) is 4.80. The van der Waals surface area contributed by atoms with Gasteiger partial charge in [0.25, 0.3) is 0 Å². The van der Waals surface area contributed by atoms with Crippen molar-refractivity contribution in [2.24, 2.45) is 11.3 Å². The molecule has 2 unspecified atom stereocenters. The molecule has 2 saturated heterocycles. The van der Waals surface area contributed by atoms with E-state index in [9.17, 15) is 9.59 Å². The van der Waals surface area contributed by atoms with Crippen molar-refractivity contribution in [1.82, 2.24) is 20.4 Å². The maximum atomic E-state index is 12.9. The van der Waals surface area contributed by atoms with Gasteiger partial charge >= 0.3 is 0 Å². The third-order valence-corrected chi connectivity index (χ3v) is 6.52. The van der Waals surface area contributed by atoms with Crippen molar-refractivity contribution in [2.75, 3.05) is 6.54 Å². The van der Waals surface area contributed by atoms with Gasteiger partial charge in [0.2, 0.25) is 11.8 Å². The topological polar surface area (TPSA) is 76.0 Å². The minimum absolute atomic E-state index is 0.00699. The number of hydrogen-bond acceptors (Lipinski definition) is 3. The average Bonchev–Trinajstić information content (AvgIpc) is 3.07. The van der Waals surface area contributed by atoms with E-state index in [1.165, 1.54) is 5.56 Å². The molecule has 0 radical (unpaired) electrons. The Morgan fingerprint density at radius 2 is 2.11 bits per heavy atom. The number of nitrogens with zero attached hydrogens (tertiary/aromatic N) is 2. The molecule has 6 heteroatoms. The van der Waals surface area contributed by atoms with Crippen LogP contribution < -0.4 is 10.6 Å². The van der Waals surface area contributed by atoms with Crippen LogP contribution in [0, 0.1) is 18.3 Å². The van der Waals surface area contributed by atoms with Crippen molar-refractivity contribution in [2.45, 2.75) is 59.0 Å². The standard InChI is InChI=1S/C21H28N4O2/c1-4-25-18-11-14(10-13(2)15(18)12-23-25)17-7-6-16(19(26)24-17)21(3)8-5-9-22-20(21)27/h10-12,16-17H,4-9H2,1-3H3,(H,22,27)(H,24,26)/t16?,17?,21-/m1/s1. The average molecular weight is 368 g/mol. The lowest BCUT2D eigenvalue weighted by atomic mass is 9.67. The lowest BCUT2D eigenvalue weighted by Crippen LogP contribution is -2.54. The first-order valence-electron chi connectivity index (χ1n) is 9.99. The molecule has 2 fully saturated rings. The summed E-state index contributed by atoms with van der Waals surface area (Å²) in [5.41, 5.74) is 2.83. The third-order valence-electron chi connectivity index (χ3n) is 6.52. The number of rotatable bonds is 3. The number of amides is 2. The number of carbonyl (C=O) groups is 2. The summed E-state index contributed by atoms with van der Waals surface area (Å²) in [4.78, 5) is 25.4. The Bertz CT molecular complexity index is 903. The molecule has 2 aliphatic heterocycles. The highest BCUT2D eigenvalue weighted by atomic mass is 16.2. The zero-order valence-corrected chi connectivity index (χ0v) is 16.3. The summed E-state index contributed by atoms with van der Waals surface area (Å²) in [6, 6.07) is 4.30. The number of piperidine rings is 2. The molecule has 4 rings (SSSR count). The van der Waals surface area contributed by atoms with E-state index in [1.54, 1.807) is 0 Å². The van der Waals surface area contributed by atoms with Crippen molar-refractivity contribution >= 4 is 22.7 Å². The Labute approximate surface area is 159 Å². The molecule has 3 atom stereocenters. The second-order valence-corrected chi connectivity index (χ2v) is 8.20. The number of benzene rings is 1. The summed E-state index contributed by atoms with van der Waals surface area (Å²) < 4.78 is 1.99. The van der Waals surface area contributed by atoms with E-state index in [4.69, 9.17) is 0 Å². The quantitative estimate of drug-likeness (QED) is 0.875. The molecule has 2 aromatic rings. The van der Waals surface area contributed by atoms with Crippen molar-refractivity contribution in [3.63, 3.8) is 0 Å². The molecule has 0 aliphatic carbocycles. The molecule has 0 saturated carbocycles. The molecule has 0 bridgehead atoms. The lowest BCUT2D eigenvalue weighted by Gasteiger charge is -2.42. The molecule has 6 nitrogen and oxygen atoms in total. The van der Waals surface area contributed by atoms with E-state index in [2.05, 4.69) is 41.7 Å². The second kappa shape index (κ2) is 6.66. The number of aryl methyl sites for hydroxylation is 2. The molecule has 3 heterocycles. The predicted molar refractivity (Wildman–Crippen MR) is 104 cm³/mol. The summed E-state index contributed by atoms with van der Waals surface area (Å²) in [5.74, 6) is -0.218. The fraction of sp³-hybridized carbons (Fsp3) is 0.571. The lowest BCUT2D eigenvalue weighted by molar-refractivity contribution is -0.146. The third kappa shape index (κ3) is 2.91. The van der Waals surface area contributed by atoms with Crippen molar-refractivity contribution < 1.29 is 9.59 Å². The molecule has 2 aliphatic rings. The Morgan fingerprint density at radius 1 is 1.30 bits per heavy atom. The summed E-state index contributed by atoms with van der Waals surface area (Å²) in [6.07, 6.45) is 5.22. The Hall–Kier alpha value is -2.37. The van der Waals surface area contributed by atoms with E-state index in [1.807, 2.05) is 17.8 Å². The number of hydrogen-bond donors (Lipinski definition) is 2. The molecular weight excluding hydrogens is 340 g/mol. The van der Waals surface area contributed by atoms with Crippen LogP contribution in [-0.2, 0) is 16.1 Å². The maximum absolute atomic E-state index is 12.9. The normalized spacial score (nSPS) is 28.9. The Morgan fingerprint density at radius 3 is 2.81 bits per heavy atom. The van der Waals surface area contributed by atoms with Gasteiger partial charge in [-0.3, -0.25) is 14.3 Å². The number of carbonyl (C=O) groups excluding carboxylic acids is 2. The van der Waals surface area contributed by atoms with E-state index in [-0.39, 0.29) is 23.8 Å². The molecule has 1 aromatic heterocycles. The predicted octanol–water partition coefficient (Wildman–Crippen LogP) is 2.85. The van der Waals surface area contributed by atoms with Gasteiger partial charge in [-0.1, -0.05) is 6.07 Å². The first kappa shape index (κ1) is 18.0. The number of nitrogens with one attached hydrogen (secondary N) is 2. The molecular formula is C21H28N4O2. The van der Waals surface area contributed by atoms with E-state index < -0.39 is 5.41 Å². The Kier molecular flexibility index (Phi) is 4.44. The van der Waals surface area contributed by atoms with Gasteiger partial charge in [-0.15, -0.1) is 0 Å². The minimum Gasteiger partial charge on any atom is -0.356 e. The van der Waals surface area contributed by atoms with Gasteiger partial charge in [0.15, 0.2) is 0 Å². The first-order valence-corrected chi connectivity index (χ1v) is 9.99. The molecule has 2 amide bonds. The monoisotopic (exact) mass is 368 g/mol. The van der Waals surface area contributed by atoms with E-state index in [0.29, 0.717) is 0 Å². The smallest absolute Gasteiger partial charge is 0.226 e. The number of fused-ring (bicyclic) bond motifs is 1. The van der Waals surface area contributed by atoms with Gasteiger partial charge in [0.05, 0.1) is 29.1 Å². The number of aromatic nitrogens is 2. The summed E-state index contributed by atoms with van der Waals surface area (Å²) in [6.45, 7) is 7.66. The molecule has 2 N–H and O–H groups in total. The highest BCUT2D eigenvalue weighted by Crippen LogP contribution is 2.42. The van der Waals surface area contributed by atoms with Gasteiger partial charge in [-0.2, -0.15) is 5.10 Å². The van der Waals surface area contributed by atoms with E-state index >= 15 is 0 Å². The SMILES string of the molecule is CCn1ncc2c(C)cc(C3CCC([C@@]4(C)CCCNC4=O)C(=O)N3)cc21. The van der Waals surface area contributed by atoms with Gasteiger partial charge in [-0.25, -0.2) is 0 Å².